The van der Waals surface area contributed by atoms with Crippen molar-refractivity contribution in [1.29, 1.82) is 0 Å². The second-order valence-electron chi connectivity index (χ2n) is 13.4. The Kier molecular flexibility index (Phi) is 13.3. The Balaban J connectivity index is 1.25. The molecule has 0 fully saturated rings. The van der Waals surface area contributed by atoms with Crippen molar-refractivity contribution >= 4 is 35.1 Å². The van der Waals surface area contributed by atoms with E-state index >= 15 is 0 Å². The van der Waals surface area contributed by atoms with Gasteiger partial charge in [-0.15, -0.1) is 22.0 Å². The fourth-order valence-electron chi connectivity index (χ4n) is 5.82. The highest BCUT2D eigenvalue weighted by molar-refractivity contribution is 7.98. The van der Waals surface area contributed by atoms with Crippen molar-refractivity contribution < 1.29 is 14.3 Å². The lowest BCUT2D eigenvalue weighted by Gasteiger charge is -2.27. The Bertz CT molecular complexity index is 1660. The zero-order chi connectivity index (χ0) is 34.6. The predicted molar refractivity (Wildman–Crippen MR) is 202 cm³/mol. The van der Waals surface area contributed by atoms with E-state index in [1.54, 1.807) is 18.1 Å². The number of carbonyl (C=O) groups excluding carboxylic acids is 1. The number of carbonyl (C=O) groups is 1. The minimum absolute atomic E-state index is 0.0647. The van der Waals surface area contributed by atoms with Crippen molar-refractivity contribution in [3.05, 3.63) is 90.0 Å². The van der Waals surface area contributed by atoms with Gasteiger partial charge in [0.1, 0.15) is 24.5 Å². The lowest BCUT2D eigenvalue weighted by atomic mass is 10.00. The van der Waals surface area contributed by atoms with Gasteiger partial charge < -0.3 is 24.3 Å². The summed E-state index contributed by atoms with van der Waals surface area (Å²) in [6.07, 6.45) is 6.75. The molecule has 0 radical (unpaired) electrons. The molecule has 49 heavy (non-hydrogen) atoms. The molecule has 0 saturated carbocycles. The molecule has 0 bridgehead atoms. The molecule has 8 nitrogen and oxygen atoms in total. The van der Waals surface area contributed by atoms with Crippen LogP contribution in [-0.2, 0) is 21.8 Å². The van der Waals surface area contributed by atoms with Crippen LogP contribution in [0.3, 0.4) is 0 Å². The van der Waals surface area contributed by atoms with Gasteiger partial charge in [0.05, 0.1) is 12.4 Å². The van der Waals surface area contributed by atoms with Gasteiger partial charge in [-0.3, -0.25) is 4.79 Å². The predicted octanol–water partition coefficient (Wildman–Crippen LogP) is 8.98. The SMILES string of the molecule is CCCCOCCOc1ccc(-c2ccc3c(c2)C=C(C(=O)Nc2ccc(SCc4nncn4CC(C)C)cc2)CCN3CC(C)C)cc1. The summed E-state index contributed by atoms with van der Waals surface area (Å²) in [5, 5.41) is 11.5. The Morgan fingerprint density at radius 2 is 1.67 bits per heavy atom. The van der Waals surface area contributed by atoms with Crippen LogP contribution in [0, 0.1) is 11.8 Å². The van der Waals surface area contributed by atoms with Crippen molar-refractivity contribution in [3.8, 4) is 16.9 Å². The fraction of sp³-hybridized carbons (Fsp3) is 0.425. The van der Waals surface area contributed by atoms with Crippen LogP contribution in [0.5, 0.6) is 5.75 Å². The molecule has 0 atom stereocenters. The molecule has 1 N–H and O–H groups in total. The highest BCUT2D eigenvalue weighted by Crippen LogP contribution is 2.34. The molecular weight excluding hydrogens is 631 g/mol. The molecule has 260 valence electrons. The third-order valence-corrected chi connectivity index (χ3v) is 9.30. The van der Waals surface area contributed by atoms with E-state index in [0.717, 1.165) is 94.9 Å². The molecule has 0 unspecified atom stereocenters. The van der Waals surface area contributed by atoms with E-state index in [2.05, 4.69) is 108 Å². The molecule has 0 saturated heterocycles. The lowest BCUT2D eigenvalue weighted by molar-refractivity contribution is -0.112. The lowest BCUT2D eigenvalue weighted by Crippen LogP contribution is -2.29. The average molecular weight is 682 g/mol. The van der Waals surface area contributed by atoms with Gasteiger partial charge >= 0.3 is 0 Å². The standard InChI is InChI=1S/C40H51N5O3S/c1-6-7-20-47-21-22-48-36-13-8-31(9-14-36)32-10-17-38-34(23-32)24-33(18-19-44(38)25-29(2)3)40(46)42-35-11-15-37(16-12-35)49-27-39-43-41-28-45(39)26-30(4)5/h8-17,23-24,28-30H,6-7,18-22,25-27H2,1-5H3,(H,42,46). The monoisotopic (exact) mass is 681 g/mol. The van der Waals surface area contributed by atoms with E-state index in [1.165, 1.54) is 0 Å². The van der Waals surface area contributed by atoms with Crippen molar-refractivity contribution in [2.45, 2.75) is 71.1 Å². The fourth-order valence-corrected chi connectivity index (χ4v) is 6.67. The van der Waals surface area contributed by atoms with Gasteiger partial charge in [-0.25, -0.2) is 0 Å². The molecule has 5 rings (SSSR count). The van der Waals surface area contributed by atoms with Gasteiger partial charge in [-0.1, -0.05) is 59.2 Å². The second-order valence-corrected chi connectivity index (χ2v) is 14.5. The van der Waals surface area contributed by atoms with Crippen molar-refractivity contribution in [3.63, 3.8) is 0 Å². The number of benzene rings is 3. The Morgan fingerprint density at radius 3 is 2.41 bits per heavy atom. The number of hydrogen-bond acceptors (Lipinski definition) is 7. The average Bonchev–Trinajstić information content (AvgIpc) is 3.44. The van der Waals surface area contributed by atoms with Crippen molar-refractivity contribution in [2.75, 3.05) is 43.1 Å². The number of rotatable bonds is 17. The van der Waals surface area contributed by atoms with Gasteiger partial charge in [0, 0.05) is 48.1 Å². The molecule has 4 aromatic rings. The number of thioether (sulfide) groups is 1. The summed E-state index contributed by atoms with van der Waals surface area (Å²) in [7, 11) is 0. The number of ether oxygens (including phenoxy) is 2. The summed E-state index contributed by atoms with van der Waals surface area (Å²) in [5.41, 5.74) is 5.98. The summed E-state index contributed by atoms with van der Waals surface area (Å²) in [4.78, 5) is 17.2. The van der Waals surface area contributed by atoms with Crippen LogP contribution in [0.25, 0.3) is 17.2 Å². The maximum atomic E-state index is 13.7. The highest BCUT2D eigenvalue weighted by atomic mass is 32.2. The number of nitrogens with one attached hydrogen (secondary N) is 1. The van der Waals surface area contributed by atoms with Gasteiger partial charge in [0.25, 0.3) is 5.91 Å². The minimum Gasteiger partial charge on any atom is -0.491 e. The summed E-state index contributed by atoms with van der Waals surface area (Å²) in [6, 6.07) is 22.8. The van der Waals surface area contributed by atoms with E-state index in [0.29, 0.717) is 31.5 Å². The Morgan fingerprint density at radius 1 is 0.918 bits per heavy atom. The first kappa shape index (κ1) is 36.2. The van der Waals surface area contributed by atoms with Gasteiger partial charge in [-0.05, 0) is 96.0 Å². The normalized spacial score (nSPS) is 13.0. The summed E-state index contributed by atoms with van der Waals surface area (Å²) < 4.78 is 13.6. The smallest absolute Gasteiger partial charge is 0.251 e. The van der Waals surface area contributed by atoms with Crippen molar-refractivity contribution in [1.82, 2.24) is 14.8 Å². The molecule has 0 aliphatic carbocycles. The van der Waals surface area contributed by atoms with Gasteiger partial charge in [0.15, 0.2) is 0 Å². The van der Waals surface area contributed by atoms with Crippen LogP contribution >= 0.6 is 11.8 Å². The van der Waals surface area contributed by atoms with Crippen LogP contribution in [0.1, 0.15) is 65.3 Å². The van der Waals surface area contributed by atoms with Crippen LogP contribution in [0.15, 0.2) is 83.5 Å². The highest BCUT2D eigenvalue weighted by Gasteiger charge is 2.21. The van der Waals surface area contributed by atoms with Crippen LogP contribution in [0.2, 0.25) is 0 Å². The number of unbranched alkanes of at least 4 members (excludes halogenated alkanes) is 1. The van der Waals surface area contributed by atoms with Crippen molar-refractivity contribution in [2.24, 2.45) is 11.8 Å². The molecule has 1 aliphatic heterocycles. The summed E-state index contributed by atoms with van der Waals surface area (Å²) >= 11 is 1.72. The molecule has 9 heteroatoms. The maximum absolute atomic E-state index is 13.7. The van der Waals surface area contributed by atoms with Crippen LogP contribution in [-0.4, -0.2) is 53.6 Å². The van der Waals surface area contributed by atoms with Gasteiger partial charge in [-0.2, -0.15) is 0 Å². The first-order valence-electron chi connectivity index (χ1n) is 17.6. The van der Waals surface area contributed by atoms with E-state index in [9.17, 15) is 4.79 Å². The third-order valence-electron chi connectivity index (χ3n) is 8.29. The minimum atomic E-state index is -0.0647. The quantitative estimate of drug-likeness (QED) is 0.0880. The topological polar surface area (TPSA) is 81.5 Å². The largest absolute Gasteiger partial charge is 0.491 e. The zero-order valence-corrected chi connectivity index (χ0v) is 30.5. The van der Waals surface area contributed by atoms with E-state index in [4.69, 9.17) is 9.47 Å². The van der Waals surface area contributed by atoms with E-state index in [1.807, 2.05) is 24.3 Å². The maximum Gasteiger partial charge on any atom is 0.251 e. The first-order valence-corrected chi connectivity index (χ1v) is 18.6. The second kappa shape index (κ2) is 18.1. The van der Waals surface area contributed by atoms with Crippen LogP contribution in [0.4, 0.5) is 11.4 Å². The first-order chi connectivity index (χ1) is 23.8. The number of nitrogens with zero attached hydrogens (tertiary/aromatic N) is 4. The molecular formula is C40H51N5O3S. The number of hydrogen-bond donors (Lipinski definition) is 1. The third kappa shape index (κ3) is 10.7. The molecule has 0 spiro atoms. The molecule has 1 aliphatic rings. The molecule has 3 aromatic carbocycles. The van der Waals surface area contributed by atoms with E-state index in [-0.39, 0.29) is 5.91 Å². The number of anilines is 2. The van der Waals surface area contributed by atoms with E-state index < -0.39 is 0 Å². The van der Waals surface area contributed by atoms with Crippen LogP contribution < -0.4 is 15.0 Å². The molecule has 1 aromatic heterocycles. The molecule has 2 heterocycles. The number of amides is 1. The number of fused-ring (bicyclic) bond motifs is 1. The Labute approximate surface area is 296 Å². The number of aromatic nitrogens is 3. The Hall–Kier alpha value is -4.08. The molecule has 1 amide bonds. The summed E-state index contributed by atoms with van der Waals surface area (Å²) in [5.74, 6) is 3.50. The summed E-state index contributed by atoms with van der Waals surface area (Å²) in [6.45, 7) is 15.5. The zero-order valence-electron chi connectivity index (χ0n) is 29.7. The van der Waals surface area contributed by atoms with Gasteiger partial charge in [0.2, 0.25) is 0 Å².